The van der Waals surface area contributed by atoms with Gasteiger partial charge < -0.3 is 10.6 Å². The summed E-state index contributed by atoms with van der Waals surface area (Å²) in [4.78, 5) is 13.1. The van der Waals surface area contributed by atoms with Crippen molar-refractivity contribution in [1.82, 2.24) is 4.90 Å². The normalized spacial score (nSPS) is 14.9. The van der Waals surface area contributed by atoms with Gasteiger partial charge in [-0.2, -0.15) is 0 Å². The summed E-state index contributed by atoms with van der Waals surface area (Å²) >= 11 is 0. The number of likely N-dealkylation sites (tertiary alicyclic amines) is 1. The van der Waals surface area contributed by atoms with E-state index in [9.17, 15) is 13.6 Å². The molecule has 0 unspecified atom stereocenters. The van der Waals surface area contributed by atoms with E-state index < -0.39 is 17.3 Å². The molecule has 0 bridgehead atoms. The molecule has 1 amide bonds. The second kappa shape index (κ2) is 3.49. The molecule has 1 fully saturated rings. The lowest BCUT2D eigenvalue weighted by molar-refractivity contribution is 0.0651. The van der Waals surface area contributed by atoms with Gasteiger partial charge in [-0.1, -0.05) is 0 Å². The molecule has 15 heavy (non-hydrogen) atoms. The van der Waals surface area contributed by atoms with E-state index in [4.69, 9.17) is 5.73 Å². The van der Waals surface area contributed by atoms with Gasteiger partial charge >= 0.3 is 0 Å². The molecule has 5 heteroatoms. The first-order valence-electron chi connectivity index (χ1n) is 4.63. The molecule has 2 N–H and O–H groups in total. The Hall–Kier alpha value is -1.65. The third-order valence-corrected chi connectivity index (χ3v) is 2.47. The molecule has 1 aliphatic rings. The van der Waals surface area contributed by atoms with Gasteiger partial charge in [-0.25, -0.2) is 8.78 Å². The minimum Gasteiger partial charge on any atom is -0.394 e. The third-order valence-electron chi connectivity index (χ3n) is 2.47. The Morgan fingerprint density at radius 2 is 1.80 bits per heavy atom. The lowest BCUT2D eigenvalue weighted by Gasteiger charge is -2.30. The van der Waals surface area contributed by atoms with Crippen LogP contribution in [-0.4, -0.2) is 23.9 Å². The largest absolute Gasteiger partial charge is 0.394 e. The van der Waals surface area contributed by atoms with E-state index in [1.807, 2.05) is 0 Å². The molecule has 3 nitrogen and oxygen atoms in total. The Bertz CT molecular complexity index is 393. The fourth-order valence-corrected chi connectivity index (χ4v) is 1.41. The van der Waals surface area contributed by atoms with E-state index in [0.29, 0.717) is 13.1 Å². The Labute approximate surface area is 85.5 Å². The monoisotopic (exact) mass is 212 g/mol. The topological polar surface area (TPSA) is 46.3 Å². The number of amides is 1. The molecule has 1 aromatic rings. The summed E-state index contributed by atoms with van der Waals surface area (Å²) in [6.45, 7) is 1.29. The molecule has 0 saturated carbocycles. The number of carbonyl (C=O) groups is 1. The fourth-order valence-electron chi connectivity index (χ4n) is 1.41. The molecule has 1 aliphatic heterocycles. The van der Waals surface area contributed by atoms with E-state index in [1.165, 1.54) is 4.90 Å². The number of benzene rings is 1. The summed E-state index contributed by atoms with van der Waals surface area (Å²) in [5, 5.41) is 0. The molecule has 0 radical (unpaired) electrons. The maximum atomic E-state index is 13.1. The Balaban J connectivity index is 2.32. The summed E-state index contributed by atoms with van der Waals surface area (Å²) in [6.07, 6.45) is 0.936. The maximum Gasteiger partial charge on any atom is 0.254 e. The van der Waals surface area contributed by atoms with Crippen molar-refractivity contribution in [3.63, 3.8) is 0 Å². The number of hydrogen-bond donors (Lipinski definition) is 1. The second-order valence-corrected chi connectivity index (χ2v) is 3.50. The number of hydrogen-bond acceptors (Lipinski definition) is 2. The van der Waals surface area contributed by atoms with Crippen LogP contribution < -0.4 is 5.73 Å². The van der Waals surface area contributed by atoms with Crippen molar-refractivity contribution in [2.24, 2.45) is 0 Å². The lowest BCUT2D eigenvalue weighted by Crippen LogP contribution is -2.42. The van der Waals surface area contributed by atoms with Crippen molar-refractivity contribution in [2.75, 3.05) is 18.8 Å². The molecule has 0 atom stereocenters. The molecule has 2 rings (SSSR count). The zero-order chi connectivity index (χ0) is 11.0. The van der Waals surface area contributed by atoms with E-state index in [1.54, 1.807) is 0 Å². The van der Waals surface area contributed by atoms with Crippen molar-refractivity contribution in [3.05, 3.63) is 29.3 Å². The highest BCUT2D eigenvalue weighted by atomic mass is 19.1. The van der Waals surface area contributed by atoms with Gasteiger partial charge in [0.1, 0.15) is 17.3 Å². The van der Waals surface area contributed by atoms with Crippen molar-refractivity contribution in [1.29, 1.82) is 0 Å². The number of anilines is 1. The number of carbonyl (C=O) groups excluding carboxylic acids is 1. The average Bonchev–Trinajstić information content (AvgIpc) is 2.10. The van der Waals surface area contributed by atoms with Gasteiger partial charge in [-0.3, -0.25) is 4.79 Å². The van der Waals surface area contributed by atoms with Crippen LogP contribution in [0, 0.1) is 11.6 Å². The highest BCUT2D eigenvalue weighted by Crippen LogP contribution is 2.20. The molecule has 1 heterocycles. The maximum absolute atomic E-state index is 13.1. The zero-order valence-corrected chi connectivity index (χ0v) is 7.96. The Kier molecular flexibility index (Phi) is 2.30. The molecule has 1 aromatic carbocycles. The number of nitrogens with zero attached hydrogens (tertiary/aromatic N) is 1. The second-order valence-electron chi connectivity index (χ2n) is 3.50. The van der Waals surface area contributed by atoms with Crippen LogP contribution in [0.25, 0.3) is 0 Å². The van der Waals surface area contributed by atoms with Gasteiger partial charge in [0.25, 0.3) is 5.91 Å². The van der Waals surface area contributed by atoms with Gasteiger partial charge in [0, 0.05) is 18.7 Å². The number of nitrogen functional groups attached to an aromatic ring is 1. The summed E-state index contributed by atoms with van der Waals surface area (Å²) in [5.74, 6) is -2.13. The number of halogens is 2. The molecular weight excluding hydrogens is 202 g/mol. The fraction of sp³-hybridized carbons (Fsp3) is 0.300. The smallest absolute Gasteiger partial charge is 0.254 e. The highest BCUT2D eigenvalue weighted by Gasteiger charge is 2.23. The van der Waals surface area contributed by atoms with Crippen molar-refractivity contribution in [2.45, 2.75) is 6.42 Å². The van der Waals surface area contributed by atoms with Crippen LogP contribution in [0.1, 0.15) is 16.8 Å². The zero-order valence-electron chi connectivity index (χ0n) is 7.96. The number of rotatable bonds is 1. The van der Waals surface area contributed by atoms with Crippen molar-refractivity contribution >= 4 is 11.6 Å². The first kappa shape index (κ1) is 9.89. The van der Waals surface area contributed by atoms with Crippen LogP contribution in [-0.2, 0) is 0 Å². The predicted octanol–water partition coefficient (Wildman–Crippen LogP) is 1.39. The first-order valence-corrected chi connectivity index (χ1v) is 4.63. The summed E-state index contributed by atoms with van der Waals surface area (Å²) in [5.41, 5.74) is 4.57. The molecule has 1 saturated heterocycles. The van der Waals surface area contributed by atoms with Crippen LogP contribution >= 0.6 is 0 Å². The van der Waals surface area contributed by atoms with E-state index >= 15 is 0 Å². The Morgan fingerprint density at radius 3 is 2.20 bits per heavy atom. The van der Waals surface area contributed by atoms with E-state index in [2.05, 4.69) is 0 Å². The predicted molar refractivity (Wildman–Crippen MR) is 51.3 cm³/mol. The Morgan fingerprint density at radius 1 is 1.27 bits per heavy atom. The summed E-state index contributed by atoms with van der Waals surface area (Å²) in [6, 6.07) is 1.94. The molecule has 0 spiro atoms. The van der Waals surface area contributed by atoms with Gasteiger partial charge in [-0.15, -0.1) is 0 Å². The number of nitrogens with two attached hydrogens (primary N) is 1. The van der Waals surface area contributed by atoms with E-state index in [0.717, 1.165) is 18.6 Å². The van der Waals surface area contributed by atoms with Crippen LogP contribution in [0.4, 0.5) is 14.5 Å². The third kappa shape index (κ3) is 1.65. The minimum atomic E-state index is -0.890. The average molecular weight is 212 g/mol. The molecular formula is C10H10F2N2O. The van der Waals surface area contributed by atoms with Crippen molar-refractivity contribution in [3.8, 4) is 0 Å². The van der Waals surface area contributed by atoms with Crippen LogP contribution in [0.2, 0.25) is 0 Å². The van der Waals surface area contributed by atoms with Crippen molar-refractivity contribution < 1.29 is 13.6 Å². The summed E-state index contributed by atoms with van der Waals surface area (Å²) < 4.78 is 26.1. The summed E-state index contributed by atoms with van der Waals surface area (Å²) in [7, 11) is 0. The molecule has 80 valence electrons. The molecule has 0 aliphatic carbocycles. The quantitative estimate of drug-likeness (QED) is 0.715. The first-order chi connectivity index (χ1) is 7.09. The van der Waals surface area contributed by atoms with Crippen LogP contribution in [0.5, 0.6) is 0 Å². The highest BCUT2D eigenvalue weighted by molar-refractivity contribution is 5.95. The molecule has 0 aromatic heterocycles. The van der Waals surface area contributed by atoms with Gasteiger partial charge in [0.2, 0.25) is 0 Å². The van der Waals surface area contributed by atoms with Crippen LogP contribution in [0.15, 0.2) is 12.1 Å². The SMILES string of the molecule is Nc1c(F)cc(C(=O)N2CCC2)cc1F. The van der Waals surface area contributed by atoms with Gasteiger partial charge in [-0.05, 0) is 18.6 Å². The minimum absolute atomic E-state index is 0.0129. The standard InChI is InChI=1S/C10H10F2N2O/c11-7-4-6(5-8(12)9(7)13)10(15)14-2-1-3-14/h4-5H,1-3,13H2. The lowest BCUT2D eigenvalue weighted by atomic mass is 10.1. The van der Waals surface area contributed by atoms with Crippen LogP contribution in [0.3, 0.4) is 0 Å². The van der Waals surface area contributed by atoms with Gasteiger partial charge in [0.05, 0.1) is 0 Å². The van der Waals surface area contributed by atoms with Gasteiger partial charge in [0.15, 0.2) is 0 Å². The van der Waals surface area contributed by atoms with E-state index in [-0.39, 0.29) is 11.5 Å².